The highest BCUT2D eigenvalue weighted by Crippen LogP contribution is 2.39. The maximum absolute atomic E-state index is 9.76. The molecule has 1 aromatic carbocycles. The lowest BCUT2D eigenvalue weighted by Crippen LogP contribution is -2.52. The summed E-state index contributed by atoms with van der Waals surface area (Å²) in [6.45, 7) is 10.7. The minimum Gasteiger partial charge on any atom is -0.487 e. The van der Waals surface area contributed by atoms with Crippen molar-refractivity contribution in [3.8, 4) is 28.8 Å². The molecular formula is C45H65N11O10. The monoisotopic (exact) mass is 919 g/mol. The molecule has 1 saturated carbocycles. The van der Waals surface area contributed by atoms with E-state index >= 15 is 0 Å². The van der Waals surface area contributed by atoms with Gasteiger partial charge in [-0.3, -0.25) is 9.58 Å². The highest BCUT2D eigenvalue weighted by atomic mass is 16.6. The summed E-state index contributed by atoms with van der Waals surface area (Å²) in [5.74, 6) is 1.30. The van der Waals surface area contributed by atoms with Gasteiger partial charge in [-0.2, -0.15) is 5.26 Å². The molecule has 3 fully saturated rings. The predicted octanol–water partition coefficient (Wildman–Crippen LogP) is 3.88. The molecule has 3 aliphatic rings. The number of rotatable bonds is 31. The number of tetrazole rings is 1. The second kappa shape index (κ2) is 27.1. The van der Waals surface area contributed by atoms with Crippen LogP contribution in [0.5, 0.6) is 11.6 Å². The van der Waals surface area contributed by atoms with E-state index in [0.717, 1.165) is 50.0 Å². The van der Waals surface area contributed by atoms with Crippen molar-refractivity contribution in [2.75, 3.05) is 118 Å². The van der Waals surface area contributed by atoms with E-state index in [0.29, 0.717) is 146 Å². The third-order valence-corrected chi connectivity index (χ3v) is 11.7. The summed E-state index contributed by atoms with van der Waals surface area (Å²) < 4.78 is 60.2. The summed E-state index contributed by atoms with van der Waals surface area (Å²) in [7, 11) is 1.65. The predicted molar refractivity (Wildman–Crippen MR) is 239 cm³/mol. The van der Waals surface area contributed by atoms with Crippen LogP contribution in [0.1, 0.15) is 57.1 Å². The zero-order valence-corrected chi connectivity index (χ0v) is 38.2. The molecule has 4 aromatic rings. The highest BCUT2D eigenvalue weighted by molar-refractivity contribution is 5.67. The van der Waals surface area contributed by atoms with Crippen LogP contribution in [0.4, 0.5) is 11.6 Å². The summed E-state index contributed by atoms with van der Waals surface area (Å²) >= 11 is 0. The first-order valence-corrected chi connectivity index (χ1v) is 23.1. The van der Waals surface area contributed by atoms with E-state index in [2.05, 4.69) is 41.8 Å². The topological polar surface area (TPSA) is 219 Å². The van der Waals surface area contributed by atoms with Gasteiger partial charge in [0.2, 0.25) is 5.95 Å². The fraction of sp³-hybridized carbons (Fsp3) is 0.667. The Kier molecular flexibility index (Phi) is 20.1. The number of nitriles is 1. The molecule has 1 aliphatic carbocycles. The van der Waals surface area contributed by atoms with E-state index in [1.807, 2.05) is 29.9 Å². The normalized spacial score (nSPS) is 20.0. The smallest absolute Gasteiger partial charge is 0.257 e. The van der Waals surface area contributed by atoms with Gasteiger partial charge in [-0.25, -0.2) is 14.6 Å². The number of fused-ring (bicyclic) bond motifs is 2. The average molecular weight is 920 g/mol. The Morgan fingerprint density at radius 3 is 1.89 bits per heavy atom. The van der Waals surface area contributed by atoms with Crippen LogP contribution >= 0.6 is 0 Å². The maximum atomic E-state index is 9.76. The van der Waals surface area contributed by atoms with Crippen LogP contribution in [-0.2, 0) is 44.4 Å². The third kappa shape index (κ3) is 15.1. The van der Waals surface area contributed by atoms with Crippen LogP contribution < -0.4 is 14.8 Å². The highest BCUT2D eigenvalue weighted by Gasteiger charge is 2.42. The Labute approximate surface area is 386 Å². The summed E-state index contributed by atoms with van der Waals surface area (Å²) in [5.41, 5.74) is 2.65. The number of anilines is 2. The molecule has 0 unspecified atom stereocenters. The third-order valence-electron chi connectivity index (χ3n) is 11.7. The lowest BCUT2D eigenvalue weighted by atomic mass is 9.89. The number of morpholine rings is 1. The molecule has 7 rings (SSSR count). The van der Waals surface area contributed by atoms with E-state index in [1.54, 1.807) is 30.3 Å². The summed E-state index contributed by atoms with van der Waals surface area (Å²) in [6, 6.07) is 9.56. The average Bonchev–Trinajstić information content (AvgIpc) is 4.07. The SMILES string of the molecule is COCCOCCOCCOCCOCCOCCOCCOc1nn([C@H]2CC[C@H](N3[C@@H]4CC[C@H]3COC4)CC2)cc1Nc1ncc(-c2ccc(C#N)c(O[C@@H](C)Cn3cnnn3)c2)cn1. The molecule has 21 nitrogen and oxygen atoms in total. The largest absolute Gasteiger partial charge is 0.487 e. The van der Waals surface area contributed by atoms with Crippen molar-refractivity contribution in [3.63, 3.8) is 0 Å². The Bertz CT molecular complexity index is 2000. The van der Waals surface area contributed by atoms with E-state index in [4.69, 9.17) is 52.5 Å². The van der Waals surface area contributed by atoms with Gasteiger partial charge in [-0.15, -0.1) is 10.2 Å². The lowest BCUT2D eigenvalue weighted by Gasteiger charge is -2.43. The quantitative estimate of drug-likeness (QED) is 0.0708. The first kappa shape index (κ1) is 49.0. The molecule has 1 N–H and O–H groups in total. The van der Waals surface area contributed by atoms with Crippen molar-refractivity contribution in [2.24, 2.45) is 0 Å². The fourth-order valence-corrected chi connectivity index (χ4v) is 8.51. The second-order valence-electron chi connectivity index (χ2n) is 16.4. The lowest BCUT2D eigenvalue weighted by molar-refractivity contribution is -0.0458. The number of nitrogens with zero attached hydrogens (tertiary/aromatic N) is 10. The fourth-order valence-electron chi connectivity index (χ4n) is 8.51. The van der Waals surface area contributed by atoms with Crippen LogP contribution in [0.25, 0.3) is 11.1 Å². The molecule has 2 saturated heterocycles. The number of benzene rings is 1. The minimum absolute atomic E-state index is 0.247. The summed E-state index contributed by atoms with van der Waals surface area (Å²) in [6.07, 6.45) is 13.5. The van der Waals surface area contributed by atoms with Gasteiger partial charge >= 0.3 is 0 Å². The van der Waals surface area contributed by atoms with Crippen LogP contribution in [0, 0.1) is 11.3 Å². The van der Waals surface area contributed by atoms with Crippen molar-refractivity contribution >= 4 is 11.6 Å². The van der Waals surface area contributed by atoms with Crippen molar-refractivity contribution in [1.29, 1.82) is 5.26 Å². The standard InChI is InChI=1S/C45H65N11O10/c1-34(29-54-33-49-52-53-54)66-43-25-35(3-4-36(43)26-46)37-27-47-45(48-28-37)50-42-30-55(38-5-7-39(8-6-38)56-40-9-10-41(56)32-64-31-40)51-44(42)65-24-23-63-22-21-62-20-19-61-18-17-60-16-15-59-14-13-58-12-11-57-2/h3-4,25,27-28,30,33-34,38-41H,5-24,29,31-32H2,1-2H3,(H,47,48,50)/t34-,38-,39-,40-,41+/m0/s1. The van der Waals surface area contributed by atoms with Crippen molar-refractivity contribution < 1.29 is 47.4 Å². The Morgan fingerprint density at radius 1 is 0.742 bits per heavy atom. The first-order valence-electron chi connectivity index (χ1n) is 23.1. The van der Waals surface area contributed by atoms with Crippen LogP contribution in [-0.4, -0.2) is 182 Å². The van der Waals surface area contributed by atoms with Crippen LogP contribution in [0.2, 0.25) is 0 Å². The molecule has 0 spiro atoms. The molecular weight excluding hydrogens is 855 g/mol. The molecule has 3 atom stereocenters. The van der Waals surface area contributed by atoms with Gasteiger partial charge in [0.25, 0.3) is 5.88 Å². The van der Waals surface area contributed by atoms with E-state index in [9.17, 15) is 5.26 Å². The molecule has 0 amide bonds. The van der Waals surface area contributed by atoms with E-state index < -0.39 is 0 Å². The molecule has 66 heavy (non-hydrogen) atoms. The number of hydrogen-bond acceptors (Lipinski definition) is 19. The molecule has 3 aromatic heterocycles. The van der Waals surface area contributed by atoms with E-state index in [-0.39, 0.29) is 12.1 Å². The molecule has 2 bridgehead atoms. The Morgan fingerprint density at radius 2 is 1.32 bits per heavy atom. The van der Waals surface area contributed by atoms with Crippen molar-refractivity contribution in [3.05, 3.63) is 48.7 Å². The Hall–Kier alpha value is -4.89. The number of methoxy groups -OCH3 is 1. The van der Waals surface area contributed by atoms with Crippen LogP contribution in [0.15, 0.2) is 43.1 Å². The zero-order valence-electron chi connectivity index (χ0n) is 38.2. The number of aromatic nitrogens is 8. The van der Waals surface area contributed by atoms with Crippen LogP contribution in [0.3, 0.4) is 0 Å². The van der Waals surface area contributed by atoms with Crippen molar-refractivity contribution in [2.45, 2.75) is 82.3 Å². The zero-order chi connectivity index (χ0) is 45.6. The van der Waals surface area contributed by atoms with Gasteiger partial charge in [0, 0.05) is 43.2 Å². The number of hydrogen-bond donors (Lipinski definition) is 1. The van der Waals surface area contributed by atoms with Gasteiger partial charge in [0.15, 0.2) is 0 Å². The molecule has 5 heterocycles. The first-order chi connectivity index (χ1) is 32.6. The number of nitrogens with one attached hydrogen (secondary N) is 1. The van der Waals surface area contributed by atoms with Gasteiger partial charge < -0.3 is 52.7 Å². The Balaban J connectivity index is 0.856. The molecule has 21 heteroatoms. The summed E-state index contributed by atoms with van der Waals surface area (Å²) in [5, 5.41) is 29.3. The maximum Gasteiger partial charge on any atom is 0.257 e. The van der Waals surface area contributed by atoms with Gasteiger partial charge in [-0.1, -0.05) is 6.07 Å². The second-order valence-corrected chi connectivity index (χ2v) is 16.4. The van der Waals surface area contributed by atoms with Gasteiger partial charge in [0.05, 0.1) is 123 Å². The number of ether oxygens (including phenoxy) is 10. The molecule has 360 valence electrons. The van der Waals surface area contributed by atoms with Gasteiger partial charge in [0.1, 0.15) is 36.5 Å². The molecule has 2 aliphatic heterocycles. The van der Waals surface area contributed by atoms with Gasteiger partial charge in [-0.05, 0) is 73.6 Å². The molecule has 0 radical (unpaired) electrons. The van der Waals surface area contributed by atoms with E-state index in [1.165, 1.54) is 19.2 Å². The van der Waals surface area contributed by atoms with Crippen molar-refractivity contribution in [1.82, 2.24) is 44.9 Å². The minimum atomic E-state index is -0.291. The summed E-state index contributed by atoms with van der Waals surface area (Å²) in [4.78, 5) is 12.0.